The maximum Gasteiger partial charge on any atom is 0.246 e. The predicted octanol–water partition coefficient (Wildman–Crippen LogP) is -0.237. The van der Waals surface area contributed by atoms with E-state index in [0.717, 1.165) is 44.1 Å². The minimum absolute atomic E-state index is 0.0570. The van der Waals surface area contributed by atoms with Gasteiger partial charge in [-0.25, -0.2) is 0 Å². The number of nitrogens with zero attached hydrogens (tertiary/aromatic N) is 2. The second-order valence-corrected chi connectivity index (χ2v) is 9.74. The third kappa shape index (κ3) is 6.10. The van der Waals surface area contributed by atoms with E-state index in [2.05, 4.69) is 16.0 Å². The van der Waals surface area contributed by atoms with Gasteiger partial charge in [0, 0.05) is 19.5 Å². The summed E-state index contributed by atoms with van der Waals surface area (Å²) in [5.74, 6) is -1.21. The summed E-state index contributed by atoms with van der Waals surface area (Å²) in [6, 6.07) is 7.18. The van der Waals surface area contributed by atoms with Crippen LogP contribution in [0.15, 0.2) is 30.3 Å². The van der Waals surface area contributed by atoms with Gasteiger partial charge in [0.15, 0.2) is 0 Å². The number of hydrogen-bond acceptors (Lipinski definition) is 6. The van der Waals surface area contributed by atoms with Crippen molar-refractivity contribution in [2.75, 3.05) is 26.2 Å². The summed E-state index contributed by atoms with van der Waals surface area (Å²) in [4.78, 5) is 66.3. The molecule has 0 aliphatic carbocycles. The molecule has 4 rings (SSSR count). The standard InChI is InChI=1S/C26H35N5O5/c32-17-19-9-5-13-30(19)26(36)21(15-18-7-2-1-3-8-18)29-23(33)16-28-24(34)22-11-6-14-31(22)25(35)20-10-4-12-27-20/h1-3,7-8,17,19-22,27H,4-6,9-16H2,(H,28,34)(H,29,33)/t19-,20-,21-,22-/m0/s1. The predicted molar refractivity (Wildman–Crippen MR) is 132 cm³/mol. The molecule has 0 bridgehead atoms. The van der Waals surface area contributed by atoms with Gasteiger partial charge >= 0.3 is 0 Å². The quantitative estimate of drug-likeness (QED) is 0.404. The molecule has 36 heavy (non-hydrogen) atoms. The number of carbonyl (C=O) groups is 5. The van der Waals surface area contributed by atoms with E-state index in [-0.39, 0.29) is 36.7 Å². The molecule has 0 saturated carbocycles. The Hall–Kier alpha value is -3.27. The molecule has 3 aliphatic rings. The zero-order valence-electron chi connectivity index (χ0n) is 20.5. The van der Waals surface area contributed by atoms with Crippen LogP contribution < -0.4 is 16.0 Å². The van der Waals surface area contributed by atoms with E-state index >= 15 is 0 Å². The number of aldehydes is 1. The van der Waals surface area contributed by atoms with Crippen molar-refractivity contribution in [3.63, 3.8) is 0 Å². The van der Waals surface area contributed by atoms with Gasteiger partial charge in [0.25, 0.3) is 0 Å². The summed E-state index contributed by atoms with van der Waals surface area (Å²) >= 11 is 0. The van der Waals surface area contributed by atoms with E-state index in [4.69, 9.17) is 0 Å². The first-order chi connectivity index (χ1) is 17.5. The van der Waals surface area contributed by atoms with E-state index in [1.165, 1.54) is 4.90 Å². The summed E-state index contributed by atoms with van der Waals surface area (Å²) < 4.78 is 0. The Morgan fingerprint density at radius 1 is 1.00 bits per heavy atom. The highest BCUT2D eigenvalue weighted by Gasteiger charge is 2.38. The highest BCUT2D eigenvalue weighted by Crippen LogP contribution is 2.21. The lowest BCUT2D eigenvalue weighted by atomic mass is 10.0. The molecule has 0 spiro atoms. The molecule has 10 heteroatoms. The molecule has 194 valence electrons. The molecule has 3 saturated heterocycles. The van der Waals surface area contributed by atoms with Gasteiger partial charge in [-0.2, -0.15) is 0 Å². The fraction of sp³-hybridized carbons (Fsp3) is 0.577. The Balaban J connectivity index is 1.35. The van der Waals surface area contributed by atoms with Crippen LogP contribution in [-0.4, -0.2) is 90.1 Å². The molecule has 0 aromatic heterocycles. The van der Waals surface area contributed by atoms with Crippen molar-refractivity contribution in [2.24, 2.45) is 0 Å². The molecule has 10 nitrogen and oxygen atoms in total. The number of benzene rings is 1. The number of amides is 4. The average molecular weight is 498 g/mol. The summed E-state index contributed by atoms with van der Waals surface area (Å²) in [7, 11) is 0. The lowest BCUT2D eigenvalue weighted by molar-refractivity contribution is -0.140. The van der Waals surface area contributed by atoms with Gasteiger partial charge in [-0.05, 0) is 50.6 Å². The molecule has 3 heterocycles. The fourth-order valence-corrected chi connectivity index (χ4v) is 5.39. The van der Waals surface area contributed by atoms with E-state index < -0.39 is 24.0 Å². The van der Waals surface area contributed by atoms with Crippen molar-refractivity contribution in [2.45, 2.75) is 69.1 Å². The number of carbonyl (C=O) groups excluding carboxylic acids is 5. The van der Waals surface area contributed by atoms with Gasteiger partial charge in [-0.15, -0.1) is 0 Å². The van der Waals surface area contributed by atoms with Crippen LogP contribution in [0.5, 0.6) is 0 Å². The van der Waals surface area contributed by atoms with Gasteiger partial charge in [0.05, 0.1) is 18.6 Å². The maximum absolute atomic E-state index is 13.3. The third-order valence-electron chi connectivity index (χ3n) is 7.28. The Morgan fingerprint density at radius 3 is 2.47 bits per heavy atom. The SMILES string of the molecule is O=C[C@@H]1CCCN1C(=O)[C@H](Cc1ccccc1)NC(=O)CNC(=O)[C@@H]1CCCN1C(=O)[C@@H]1CCCN1. The average Bonchev–Trinajstić information content (AvgIpc) is 3.68. The molecule has 1 aromatic carbocycles. The Bertz CT molecular complexity index is 965. The van der Waals surface area contributed by atoms with Crippen LogP contribution in [0.25, 0.3) is 0 Å². The van der Waals surface area contributed by atoms with Crippen LogP contribution >= 0.6 is 0 Å². The first-order valence-corrected chi connectivity index (χ1v) is 12.9. The van der Waals surface area contributed by atoms with Crippen LogP contribution in [0.1, 0.15) is 44.1 Å². The van der Waals surface area contributed by atoms with Crippen LogP contribution in [-0.2, 0) is 30.4 Å². The third-order valence-corrected chi connectivity index (χ3v) is 7.28. The summed E-state index contributed by atoms with van der Waals surface area (Å²) in [6.07, 6.45) is 5.42. The largest absolute Gasteiger partial charge is 0.345 e. The molecule has 3 N–H and O–H groups in total. The molecular formula is C26H35N5O5. The van der Waals surface area contributed by atoms with Crippen molar-refractivity contribution < 1.29 is 24.0 Å². The molecule has 0 radical (unpaired) electrons. The van der Waals surface area contributed by atoms with Crippen molar-refractivity contribution in [1.29, 1.82) is 0 Å². The normalized spacial score (nSPS) is 24.4. The minimum Gasteiger partial charge on any atom is -0.345 e. The van der Waals surface area contributed by atoms with Crippen molar-refractivity contribution >= 4 is 29.9 Å². The van der Waals surface area contributed by atoms with Crippen molar-refractivity contribution in [3.8, 4) is 0 Å². The van der Waals surface area contributed by atoms with Gasteiger partial charge in [0.1, 0.15) is 18.4 Å². The lowest BCUT2D eigenvalue weighted by Gasteiger charge is -2.28. The monoisotopic (exact) mass is 497 g/mol. The fourth-order valence-electron chi connectivity index (χ4n) is 5.39. The zero-order valence-corrected chi connectivity index (χ0v) is 20.5. The second kappa shape index (κ2) is 12.1. The number of rotatable bonds is 9. The van der Waals surface area contributed by atoms with Gasteiger partial charge < -0.3 is 30.5 Å². The van der Waals surface area contributed by atoms with Crippen molar-refractivity contribution in [1.82, 2.24) is 25.8 Å². The van der Waals surface area contributed by atoms with Crippen LogP contribution in [0.4, 0.5) is 0 Å². The summed E-state index contributed by atoms with van der Waals surface area (Å²) in [5.41, 5.74) is 0.877. The first kappa shape index (κ1) is 25.8. The Labute approximate surface area is 211 Å². The summed E-state index contributed by atoms with van der Waals surface area (Å²) in [5, 5.41) is 8.59. The molecule has 0 unspecified atom stereocenters. The van der Waals surface area contributed by atoms with Crippen LogP contribution in [0.2, 0.25) is 0 Å². The lowest BCUT2D eigenvalue weighted by Crippen LogP contribution is -2.54. The number of likely N-dealkylation sites (tertiary alicyclic amines) is 2. The molecular weight excluding hydrogens is 462 g/mol. The minimum atomic E-state index is -0.852. The smallest absolute Gasteiger partial charge is 0.246 e. The molecule has 4 atom stereocenters. The van der Waals surface area contributed by atoms with E-state index in [0.29, 0.717) is 25.9 Å². The second-order valence-electron chi connectivity index (χ2n) is 9.74. The molecule has 3 aliphatic heterocycles. The Morgan fingerprint density at radius 2 is 1.75 bits per heavy atom. The summed E-state index contributed by atoms with van der Waals surface area (Å²) in [6.45, 7) is 1.51. The number of nitrogens with one attached hydrogen (secondary N) is 3. The van der Waals surface area contributed by atoms with E-state index in [1.807, 2.05) is 30.3 Å². The maximum atomic E-state index is 13.3. The van der Waals surface area contributed by atoms with E-state index in [9.17, 15) is 24.0 Å². The molecule has 3 fully saturated rings. The highest BCUT2D eigenvalue weighted by molar-refractivity contribution is 5.94. The van der Waals surface area contributed by atoms with Crippen LogP contribution in [0.3, 0.4) is 0 Å². The number of hydrogen-bond donors (Lipinski definition) is 3. The zero-order chi connectivity index (χ0) is 25.5. The van der Waals surface area contributed by atoms with Gasteiger partial charge in [-0.1, -0.05) is 30.3 Å². The van der Waals surface area contributed by atoms with Gasteiger partial charge in [0.2, 0.25) is 23.6 Å². The topological polar surface area (TPSA) is 128 Å². The molecule has 1 aromatic rings. The van der Waals surface area contributed by atoms with Crippen molar-refractivity contribution in [3.05, 3.63) is 35.9 Å². The Kier molecular flexibility index (Phi) is 8.69. The van der Waals surface area contributed by atoms with Crippen LogP contribution in [0, 0.1) is 0 Å². The molecule has 4 amide bonds. The highest BCUT2D eigenvalue weighted by atomic mass is 16.2. The van der Waals surface area contributed by atoms with E-state index in [1.54, 1.807) is 4.90 Å². The van der Waals surface area contributed by atoms with Gasteiger partial charge in [-0.3, -0.25) is 19.2 Å². The first-order valence-electron chi connectivity index (χ1n) is 12.9.